The maximum Gasteiger partial charge on any atom is 0.253 e. The van der Waals surface area contributed by atoms with E-state index in [1.54, 1.807) is 17.0 Å². The molecule has 1 atom stereocenters. The van der Waals surface area contributed by atoms with E-state index in [0.29, 0.717) is 10.0 Å². The summed E-state index contributed by atoms with van der Waals surface area (Å²) in [4.78, 5) is 17.4. The first-order chi connectivity index (χ1) is 12.4. The lowest BCUT2D eigenvalue weighted by molar-refractivity contribution is 0.415. The third-order valence-corrected chi connectivity index (χ3v) is 5.41. The van der Waals surface area contributed by atoms with Crippen molar-refractivity contribution in [3.63, 3.8) is 0 Å². The first kappa shape index (κ1) is 19.0. The van der Waals surface area contributed by atoms with Crippen molar-refractivity contribution >= 4 is 35.0 Å². The summed E-state index contributed by atoms with van der Waals surface area (Å²) in [6, 6.07) is 6.66. The van der Waals surface area contributed by atoms with Gasteiger partial charge in [0.1, 0.15) is 5.03 Å². The molecular formula is C18H18Cl2N4OS. The average molecular weight is 409 g/mol. The summed E-state index contributed by atoms with van der Waals surface area (Å²) in [5.41, 5.74) is 1.72. The maximum atomic E-state index is 12.4. The molecule has 136 valence electrons. The molecule has 0 amide bonds. The Hall–Kier alpha value is -1.76. The fourth-order valence-electron chi connectivity index (χ4n) is 2.91. The largest absolute Gasteiger partial charge is 0.291 e. The van der Waals surface area contributed by atoms with Crippen LogP contribution in [0, 0.1) is 12.8 Å². The van der Waals surface area contributed by atoms with Gasteiger partial charge in [0.2, 0.25) is 0 Å². The van der Waals surface area contributed by atoms with Crippen molar-refractivity contribution in [2.24, 2.45) is 5.92 Å². The van der Waals surface area contributed by atoms with Gasteiger partial charge in [-0.25, -0.2) is 4.98 Å². The van der Waals surface area contributed by atoms with E-state index in [4.69, 9.17) is 23.2 Å². The predicted molar refractivity (Wildman–Crippen MR) is 105 cm³/mol. The minimum absolute atomic E-state index is 0.0962. The molecule has 0 aliphatic rings. The van der Waals surface area contributed by atoms with Crippen LogP contribution >= 0.6 is 35.0 Å². The summed E-state index contributed by atoms with van der Waals surface area (Å²) in [5.74, 6) is 0.162. The Morgan fingerprint density at radius 1 is 1.19 bits per heavy atom. The van der Waals surface area contributed by atoms with Gasteiger partial charge in [0.05, 0.1) is 18.1 Å². The minimum atomic E-state index is -0.188. The number of hydrogen-bond donors (Lipinski definition) is 1. The zero-order valence-electron chi connectivity index (χ0n) is 14.5. The minimum Gasteiger partial charge on any atom is -0.291 e. The molecule has 1 aromatic carbocycles. The average Bonchev–Trinajstić information content (AvgIpc) is 2.89. The second-order valence-electron chi connectivity index (χ2n) is 6.27. The molecule has 0 radical (unpaired) electrons. The second kappa shape index (κ2) is 7.86. The normalized spacial score (nSPS) is 12.5. The van der Waals surface area contributed by atoms with Gasteiger partial charge in [0.25, 0.3) is 5.56 Å². The molecule has 3 rings (SSSR count). The lowest BCUT2D eigenvalue weighted by Gasteiger charge is -2.24. The van der Waals surface area contributed by atoms with Gasteiger partial charge >= 0.3 is 0 Å². The van der Waals surface area contributed by atoms with Crippen LogP contribution in [0.15, 0.2) is 51.5 Å². The van der Waals surface area contributed by atoms with Crippen LogP contribution in [-0.4, -0.2) is 19.7 Å². The number of H-pyrrole nitrogens is 1. The number of aromatic nitrogens is 4. The molecule has 0 aliphatic heterocycles. The molecule has 2 aromatic heterocycles. The SMILES string of the molecule is Cc1n[nH]c(Sc2cc(Cl)cc(Cl)c2)c1C(C(C)C)n1cnccc1=O. The fourth-order valence-corrected chi connectivity index (χ4v) is 4.65. The fraction of sp³-hybridized carbons (Fsp3) is 0.278. The Balaban J connectivity index is 2.08. The number of halogens is 2. The molecule has 8 heteroatoms. The van der Waals surface area contributed by atoms with E-state index in [1.807, 2.05) is 19.1 Å². The van der Waals surface area contributed by atoms with Gasteiger partial charge in [-0.3, -0.25) is 14.5 Å². The van der Waals surface area contributed by atoms with Crippen LogP contribution in [0.1, 0.15) is 31.1 Å². The number of nitrogens with one attached hydrogen (secondary N) is 1. The van der Waals surface area contributed by atoms with E-state index in [0.717, 1.165) is 21.2 Å². The highest BCUT2D eigenvalue weighted by Crippen LogP contribution is 2.38. The van der Waals surface area contributed by atoms with Gasteiger partial charge < -0.3 is 0 Å². The summed E-state index contributed by atoms with van der Waals surface area (Å²) in [6.07, 6.45) is 3.08. The summed E-state index contributed by atoms with van der Waals surface area (Å²) < 4.78 is 1.65. The highest BCUT2D eigenvalue weighted by molar-refractivity contribution is 7.99. The molecule has 2 heterocycles. The molecule has 5 nitrogen and oxygen atoms in total. The highest BCUT2D eigenvalue weighted by atomic mass is 35.5. The van der Waals surface area contributed by atoms with Crippen LogP contribution in [-0.2, 0) is 0 Å². The standard InChI is InChI=1S/C18H18Cl2N4OS/c1-10(2)17(24-9-21-5-4-15(24)25)16-11(3)22-23-18(16)26-14-7-12(19)6-13(20)8-14/h4-10,17H,1-3H3,(H,22,23). The Kier molecular flexibility index (Phi) is 5.75. The van der Waals surface area contributed by atoms with Crippen molar-refractivity contribution in [3.8, 4) is 0 Å². The molecular weight excluding hydrogens is 391 g/mol. The van der Waals surface area contributed by atoms with Crippen LogP contribution in [0.25, 0.3) is 0 Å². The van der Waals surface area contributed by atoms with Gasteiger partial charge in [-0.1, -0.05) is 48.8 Å². The molecule has 0 aliphatic carbocycles. The molecule has 0 saturated carbocycles. The zero-order valence-corrected chi connectivity index (χ0v) is 16.9. The maximum absolute atomic E-state index is 12.4. The van der Waals surface area contributed by atoms with Crippen LogP contribution in [0.4, 0.5) is 0 Å². The topological polar surface area (TPSA) is 63.6 Å². The summed E-state index contributed by atoms with van der Waals surface area (Å²) >= 11 is 13.7. The summed E-state index contributed by atoms with van der Waals surface area (Å²) in [6.45, 7) is 6.07. The van der Waals surface area contributed by atoms with Crippen molar-refractivity contribution < 1.29 is 0 Å². The van der Waals surface area contributed by atoms with Crippen molar-refractivity contribution in [1.29, 1.82) is 0 Å². The smallest absolute Gasteiger partial charge is 0.253 e. The van der Waals surface area contributed by atoms with Crippen molar-refractivity contribution in [1.82, 2.24) is 19.7 Å². The second-order valence-corrected chi connectivity index (χ2v) is 8.23. The monoisotopic (exact) mass is 408 g/mol. The molecule has 1 unspecified atom stereocenters. The van der Waals surface area contributed by atoms with Crippen LogP contribution in [0.2, 0.25) is 10.0 Å². The number of aryl methyl sites for hydroxylation is 1. The van der Waals surface area contributed by atoms with E-state index in [2.05, 4.69) is 29.0 Å². The van der Waals surface area contributed by atoms with E-state index in [1.165, 1.54) is 24.0 Å². The van der Waals surface area contributed by atoms with Crippen molar-refractivity contribution in [2.75, 3.05) is 0 Å². The third-order valence-electron chi connectivity index (χ3n) is 3.99. The van der Waals surface area contributed by atoms with E-state index < -0.39 is 0 Å². The van der Waals surface area contributed by atoms with Gasteiger partial charge in [0, 0.05) is 32.8 Å². The number of benzene rings is 1. The number of rotatable bonds is 5. The van der Waals surface area contributed by atoms with E-state index in [-0.39, 0.29) is 17.5 Å². The van der Waals surface area contributed by atoms with E-state index in [9.17, 15) is 4.79 Å². The molecule has 0 fully saturated rings. The molecule has 3 aromatic rings. The Morgan fingerprint density at radius 3 is 2.50 bits per heavy atom. The number of hydrogen-bond acceptors (Lipinski definition) is 4. The Labute approximate surface area is 165 Å². The summed E-state index contributed by atoms with van der Waals surface area (Å²) in [5, 5.41) is 9.44. The first-order valence-corrected chi connectivity index (χ1v) is 9.65. The van der Waals surface area contributed by atoms with E-state index >= 15 is 0 Å². The van der Waals surface area contributed by atoms with Gasteiger partial charge in [0.15, 0.2) is 0 Å². The summed E-state index contributed by atoms with van der Waals surface area (Å²) in [7, 11) is 0. The third kappa shape index (κ3) is 3.98. The van der Waals surface area contributed by atoms with Crippen molar-refractivity contribution in [2.45, 2.75) is 36.7 Å². The lowest BCUT2D eigenvalue weighted by atomic mass is 9.96. The Bertz CT molecular complexity index is 963. The molecule has 26 heavy (non-hydrogen) atoms. The molecule has 1 N–H and O–H groups in total. The van der Waals surface area contributed by atoms with Crippen LogP contribution in [0.5, 0.6) is 0 Å². The quantitative estimate of drug-likeness (QED) is 0.646. The van der Waals surface area contributed by atoms with Crippen LogP contribution < -0.4 is 5.56 Å². The Morgan fingerprint density at radius 2 is 1.88 bits per heavy atom. The molecule has 0 spiro atoms. The predicted octanol–water partition coefficient (Wildman–Crippen LogP) is 4.98. The molecule has 0 saturated heterocycles. The number of nitrogens with zero attached hydrogens (tertiary/aromatic N) is 3. The lowest BCUT2D eigenvalue weighted by Crippen LogP contribution is -2.28. The van der Waals surface area contributed by atoms with Gasteiger partial charge in [-0.2, -0.15) is 5.10 Å². The van der Waals surface area contributed by atoms with Gasteiger partial charge in [-0.05, 0) is 31.0 Å². The first-order valence-electron chi connectivity index (χ1n) is 8.07. The van der Waals surface area contributed by atoms with Crippen molar-refractivity contribution in [3.05, 3.63) is 68.4 Å². The van der Waals surface area contributed by atoms with Gasteiger partial charge in [-0.15, -0.1) is 0 Å². The zero-order chi connectivity index (χ0) is 18.8. The molecule has 0 bridgehead atoms. The number of aromatic amines is 1. The highest BCUT2D eigenvalue weighted by Gasteiger charge is 2.26. The van der Waals surface area contributed by atoms with Crippen LogP contribution in [0.3, 0.4) is 0 Å².